The molecule has 9 heteroatoms. The van der Waals surface area contributed by atoms with Crippen LogP contribution in [-0.2, 0) is 27.8 Å². The summed E-state index contributed by atoms with van der Waals surface area (Å²) in [7, 11) is -4.01. The van der Waals surface area contributed by atoms with Crippen LogP contribution < -0.4 is 10.0 Å². The summed E-state index contributed by atoms with van der Waals surface area (Å²) in [5.41, 5.74) is 2.57. The lowest BCUT2D eigenvalue weighted by atomic mass is 10.1. The van der Waals surface area contributed by atoms with Crippen molar-refractivity contribution in [2.24, 2.45) is 0 Å². The Bertz CT molecular complexity index is 1280. The highest BCUT2D eigenvalue weighted by atomic mass is 32.2. The number of carbonyl (C=O) groups is 1. The first-order chi connectivity index (χ1) is 15.0. The quantitative estimate of drug-likeness (QED) is 0.428. The second-order valence-corrected chi connectivity index (χ2v) is 9.17. The first-order valence-electron chi connectivity index (χ1n) is 9.62. The van der Waals surface area contributed by atoms with Crippen molar-refractivity contribution in [3.05, 3.63) is 90.0 Å². The molecule has 0 spiro atoms. The van der Waals surface area contributed by atoms with E-state index >= 15 is 0 Å². The van der Waals surface area contributed by atoms with Gasteiger partial charge in [-0.15, -0.1) is 0 Å². The van der Waals surface area contributed by atoms with Gasteiger partial charge in [0.15, 0.2) is 0 Å². The zero-order chi connectivity index (χ0) is 21.7. The lowest BCUT2D eigenvalue weighted by Gasteiger charge is -2.19. The molecule has 0 saturated heterocycles. The van der Waals surface area contributed by atoms with Gasteiger partial charge < -0.3 is 5.32 Å². The van der Waals surface area contributed by atoms with Gasteiger partial charge >= 0.3 is 0 Å². The fourth-order valence-corrected chi connectivity index (χ4v) is 5.16. The van der Waals surface area contributed by atoms with E-state index in [2.05, 4.69) is 18.8 Å². The van der Waals surface area contributed by atoms with Gasteiger partial charge in [-0.25, -0.2) is 8.42 Å². The molecule has 2 N–H and O–H groups in total. The van der Waals surface area contributed by atoms with Gasteiger partial charge in [0.1, 0.15) is 22.0 Å². The molecule has 1 aromatic heterocycles. The van der Waals surface area contributed by atoms with E-state index in [4.69, 9.17) is 0 Å². The molecule has 0 unspecified atom stereocenters. The van der Waals surface area contributed by atoms with Crippen LogP contribution in [0, 0.1) is 0 Å². The first-order valence-corrected chi connectivity index (χ1v) is 11.8. The number of aromatic nitrogens is 2. The van der Waals surface area contributed by atoms with E-state index in [-0.39, 0.29) is 11.3 Å². The average molecular weight is 453 g/mol. The van der Waals surface area contributed by atoms with Crippen LogP contribution in [-0.4, -0.2) is 29.1 Å². The van der Waals surface area contributed by atoms with Crippen LogP contribution in [0.5, 0.6) is 0 Å². The van der Waals surface area contributed by atoms with Crippen molar-refractivity contribution >= 4 is 38.7 Å². The number of hydrogen-bond acceptors (Lipinski definition) is 6. The smallest absolute Gasteiger partial charge is 0.243 e. The number of carbonyl (C=O) groups excluding carboxylic acids is 1. The zero-order valence-corrected chi connectivity index (χ0v) is 18.1. The maximum absolute atomic E-state index is 13.2. The van der Waals surface area contributed by atoms with Crippen LogP contribution in [0.25, 0.3) is 11.0 Å². The molecule has 4 rings (SSSR count). The summed E-state index contributed by atoms with van der Waals surface area (Å²) in [6.45, 7) is 0.304. The van der Waals surface area contributed by atoms with Crippen LogP contribution in [0.4, 0.5) is 0 Å². The zero-order valence-electron chi connectivity index (χ0n) is 16.4. The van der Waals surface area contributed by atoms with Gasteiger partial charge in [-0.1, -0.05) is 66.7 Å². The molecule has 1 heterocycles. The third-order valence-corrected chi connectivity index (χ3v) is 6.79. The van der Waals surface area contributed by atoms with E-state index in [0.717, 1.165) is 22.9 Å². The number of amides is 1. The van der Waals surface area contributed by atoms with Crippen LogP contribution in [0.15, 0.2) is 83.8 Å². The van der Waals surface area contributed by atoms with Crippen molar-refractivity contribution in [1.82, 2.24) is 18.8 Å². The Kier molecular flexibility index (Phi) is 6.36. The Morgan fingerprint density at radius 2 is 1.55 bits per heavy atom. The van der Waals surface area contributed by atoms with E-state index in [1.807, 2.05) is 60.7 Å². The molecule has 158 valence electrons. The lowest BCUT2D eigenvalue weighted by Crippen LogP contribution is -2.47. The molecular weight excluding hydrogens is 432 g/mol. The highest BCUT2D eigenvalue weighted by Crippen LogP contribution is 2.21. The van der Waals surface area contributed by atoms with Crippen molar-refractivity contribution in [2.75, 3.05) is 0 Å². The third kappa shape index (κ3) is 5.13. The summed E-state index contributed by atoms with van der Waals surface area (Å²) < 4.78 is 37.1. The summed E-state index contributed by atoms with van der Waals surface area (Å²) in [5, 5.41) is 2.83. The fourth-order valence-electron chi connectivity index (χ4n) is 3.19. The van der Waals surface area contributed by atoms with Crippen LogP contribution in [0.2, 0.25) is 0 Å². The van der Waals surface area contributed by atoms with Gasteiger partial charge in [-0.2, -0.15) is 13.5 Å². The molecule has 0 radical (unpaired) electrons. The van der Waals surface area contributed by atoms with E-state index in [9.17, 15) is 13.2 Å². The molecule has 0 aliphatic rings. The molecule has 0 aliphatic carbocycles. The number of hydrogen-bond donors (Lipinski definition) is 2. The molecule has 0 fully saturated rings. The predicted molar refractivity (Wildman–Crippen MR) is 120 cm³/mol. The van der Waals surface area contributed by atoms with Crippen molar-refractivity contribution in [1.29, 1.82) is 0 Å². The monoisotopic (exact) mass is 452 g/mol. The summed E-state index contributed by atoms with van der Waals surface area (Å²) in [6, 6.07) is 22.5. The van der Waals surface area contributed by atoms with Crippen LogP contribution in [0.3, 0.4) is 0 Å². The predicted octanol–water partition coefficient (Wildman–Crippen LogP) is 2.90. The number of nitrogens with one attached hydrogen (secondary N) is 2. The molecule has 31 heavy (non-hydrogen) atoms. The molecule has 1 atom stereocenters. The molecule has 7 nitrogen and oxygen atoms in total. The minimum absolute atomic E-state index is 0.00710. The first kappa shape index (κ1) is 21.1. The second-order valence-electron chi connectivity index (χ2n) is 6.96. The third-order valence-electron chi connectivity index (χ3n) is 4.74. The Morgan fingerprint density at radius 1 is 0.871 bits per heavy atom. The summed E-state index contributed by atoms with van der Waals surface area (Å²) in [6.07, 6.45) is 0.214. The minimum atomic E-state index is -4.01. The Labute approximate surface area is 184 Å². The van der Waals surface area contributed by atoms with E-state index < -0.39 is 22.0 Å². The second kappa shape index (κ2) is 9.34. The van der Waals surface area contributed by atoms with Gasteiger partial charge in [0.05, 0.1) is 11.7 Å². The van der Waals surface area contributed by atoms with Gasteiger partial charge in [0.2, 0.25) is 15.9 Å². The standard InChI is InChI=1S/C22H20N4O3S2/c27-22(23-15-17-10-5-2-6-11-17)19(14-16-8-3-1-4-9-16)26-31(28,29)20-13-7-12-18-21(20)25-30-24-18/h1-13,19,26H,14-15H2,(H,23,27)/t19-/m0/s1. The largest absolute Gasteiger partial charge is 0.351 e. The molecule has 0 aliphatic heterocycles. The number of sulfonamides is 1. The lowest BCUT2D eigenvalue weighted by molar-refractivity contribution is -0.122. The van der Waals surface area contributed by atoms with Gasteiger partial charge in [0, 0.05) is 6.54 Å². The Hall–Kier alpha value is -3.14. The van der Waals surface area contributed by atoms with Gasteiger partial charge in [-0.3, -0.25) is 4.79 Å². The van der Waals surface area contributed by atoms with Crippen molar-refractivity contribution in [2.45, 2.75) is 23.9 Å². The number of nitrogens with zero attached hydrogens (tertiary/aromatic N) is 2. The minimum Gasteiger partial charge on any atom is -0.351 e. The maximum atomic E-state index is 13.2. The molecule has 4 aromatic rings. The van der Waals surface area contributed by atoms with E-state index in [0.29, 0.717) is 17.6 Å². The van der Waals surface area contributed by atoms with Gasteiger partial charge in [-0.05, 0) is 29.7 Å². The molecule has 0 saturated carbocycles. The number of rotatable bonds is 8. The van der Waals surface area contributed by atoms with Crippen LogP contribution in [0.1, 0.15) is 11.1 Å². The molecular formula is C22H20N4O3S2. The fraction of sp³-hybridized carbons (Fsp3) is 0.136. The maximum Gasteiger partial charge on any atom is 0.243 e. The SMILES string of the molecule is O=C(NCc1ccccc1)[C@H](Cc1ccccc1)NS(=O)(=O)c1cccc2nsnc12. The van der Waals surface area contributed by atoms with E-state index in [1.54, 1.807) is 12.1 Å². The normalized spacial score (nSPS) is 12.5. The Morgan fingerprint density at radius 3 is 2.26 bits per heavy atom. The molecule has 0 bridgehead atoms. The van der Waals surface area contributed by atoms with E-state index in [1.165, 1.54) is 6.07 Å². The average Bonchev–Trinajstić information content (AvgIpc) is 3.27. The topological polar surface area (TPSA) is 101 Å². The summed E-state index contributed by atoms with van der Waals surface area (Å²) in [5.74, 6) is -0.403. The summed E-state index contributed by atoms with van der Waals surface area (Å²) >= 11 is 0.945. The Balaban J connectivity index is 1.59. The van der Waals surface area contributed by atoms with Crippen molar-refractivity contribution in [3.8, 4) is 0 Å². The highest BCUT2D eigenvalue weighted by Gasteiger charge is 2.28. The molecule has 3 aromatic carbocycles. The molecule has 1 amide bonds. The highest BCUT2D eigenvalue weighted by molar-refractivity contribution is 7.89. The number of fused-ring (bicyclic) bond motifs is 1. The number of benzene rings is 3. The van der Waals surface area contributed by atoms with Crippen molar-refractivity contribution in [3.63, 3.8) is 0 Å². The van der Waals surface area contributed by atoms with Crippen molar-refractivity contribution < 1.29 is 13.2 Å². The van der Waals surface area contributed by atoms with Gasteiger partial charge in [0.25, 0.3) is 0 Å². The van der Waals surface area contributed by atoms with Crippen LogP contribution >= 0.6 is 11.7 Å². The summed E-state index contributed by atoms with van der Waals surface area (Å²) in [4.78, 5) is 13.0.